The van der Waals surface area contributed by atoms with Crippen LogP contribution in [0.5, 0.6) is 0 Å². The molecule has 2 nitrogen and oxygen atoms in total. The molecular formula is C18H32N2S. The van der Waals surface area contributed by atoms with Gasteiger partial charge in [-0.2, -0.15) is 0 Å². The van der Waals surface area contributed by atoms with Crippen molar-refractivity contribution in [3.05, 3.63) is 16.1 Å². The lowest BCUT2D eigenvalue weighted by atomic mass is 9.67. The smallest absolute Gasteiger partial charge is 0.113 e. The van der Waals surface area contributed by atoms with E-state index >= 15 is 0 Å². The van der Waals surface area contributed by atoms with Crippen LogP contribution in [-0.4, -0.2) is 11.5 Å². The highest BCUT2D eigenvalue weighted by atomic mass is 32.1. The van der Waals surface area contributed by atoms with Crippen LogP contribution in [0.3, 0.4) is 0 Å². The number of hydrogen-bond donors (Lipinski definition) is 1. The lowest BCUT2D eigenvalue weighted by Gasteiger charge is -2.43. The Kier molecular flexibility index (Phi) is 5.15. The minimum absolute atomic E-state index is 0.133. The average Bonchev–Trinajstić information content (AvgIpc) is 2.89. The second-order valence-corrected chi connectivity index (χ2v) is 8.84. The van der Waals surface area contributed by atoms with Gasteiger partial charge in [0.15, 0.2) is 0 Å². The summed E-state index contributed by atoms with van der Waals surface area (Å²) >= 11 is 1.86. The molecule has 1 saturated carbocycles. The van der Waals surface area contributed by atoms with Crippen molar-refractivity contribution < 1.29 is 0 Å². The number of nitrogens with zero attached hydrogens (tertiary/aromatic N) is 1. The average molecular weight is 309 g/mol. The van der Waals surface area contributed by atoms with E-state index in [1.807, 2.05) is 11.3 Å². The van der Waals surface area contributed by atoms with Crippen molar-refractivity contribution in [1.82, 2.24) is 10.3 Å². The van der Waals surface area contributed by atoms with Crippen LogP contribution in [0.25, 0.3) is 0 Å². The third-order valence-corrected chi connectivity index (χ3v) is 6.17. The van der Waals surface area contributed by atoms with Gasteiger partial charge in [0.05, 0.1) is 11.2 Å². The third kappa shape index (κ3) is 3.68. The van der Waals surface area contributed by atoms with Crippen molar-refractivity contribution >= 4 is 11.3 Å². The maximum Gasteiger partial charge on any atom is 0.113 e. The summed E-state index contributed by atoms with van der Waals surface area (Å²) in [5.41, 5.74) is 1.82. The largest absolute Gasteiger partial charge is 0.306 e. The van der Waals surface area contributed by atoms with Gasteiger partial charge in [-0.15, -0.1) is 11.3 Å². The van der Waals surface area contributed by atoms with Crippen molar-refractivity contribution in [1.29, 1.82) is 0 Å². The molecule has 1 fully saturated rings. The molecule has 0 atom stereocenters. The molecule has 0 bridgehead atoms. The molecule has 3 heteroatoms. The van der Waals surface area contributed by atoms with Crippen LogP contribution in [0.1, 0.15) is 83.8 Å². The maximum atomic E-state index is 4.97. The van der Waals surface area contributed by atoms with Crippen molar-refractivity contribution in [2.24, 2.45) is 11.3 Å². The molecule has 0 aliphatic heterocycles. The minimum atomic E-state index is 0.133. The highest BCUT2D eigenvalue weighted by Gasteiger charge is 2.41. The van der Waals surface area contributed by atoms with E-state index in [0.717, 1.165) is 12.5 Å². The van der Waals surface area contributed by atoms with Crippen LogP contribution in [0.4, 0.5) is 0 Å². The van der Waals surface area contributed by atoms with Gasteiger partial charge in [-0.05, 0) is 49.5 Å². The van der Waals surface area contributed by atoms with Gasteiger partial charge in [0.1, 0.15) is 5.01 Å². The SMILES string of the molecule is CCNC1(c2nc(C(C)C)cs2)CCC(C(C)(C)C)CC1. The Balaban J connectivity index is 2.19. The first-order valence-corrected chi connectivity index (χ1v) is 9.37. The van der Waals surface area contributed by atoms with E-state index in [1.165, 1.54) is 36.4 Å². The molecule has 1 aromatic heterocycles. The van der Waals surface area contributed by atoms with Gasteiger partial charge in [0.2, 0.25) is 0 Å². The van der Waals surface area contributed by atoms with Crippen LogP contribution < -0.4 is 5.32 Å². The summed E-state index contributed by atoms with van der Waals surface area (Å²) in [5, 5.41) is 7.37. The predicted molar refractivity (Wildman–Crippen MR) is 93.0 cm³/mol. The fourth-order valence-corrected chi connectivity index (χ4v) is 4.77. The third-order valence-electron chi connectivity index (χ3n) is 5.10. The molecule has 1 aliphatic carbocycles. The summed E-state index contributed by atoms with van der Waals surface area (Å²) in [6.07, 6.45) is 5.09. The van der Waals surface area contributed by atoms with Crippen LogP contribution >= 0.6 is 11.3 Å². The molecule has 1 N–H and O–H groups in total. The van der Waals surface area contributed by atoms with Crippen LogP contribution in [0.2, 0.25) is 0 Å². The predicted octanol–water partition coefficient (Wildman–Crippen LogP) is 5.31. The molecule has 0 aromatic carbocycles. The Bertz CT molecular complexity index is 448. The molecule has 1 aromatic rings. The van der Waals surface area contributed by atoms with Crippen LogP contribution in [0.15, 0.2) is 5.38 Å². The molecule has 0 unspecified atom stereocenters. The quantitative estimate of drug-likeness (QED) is 0.815. The zero-order valence-corrected chi connectivity index (χ0v) is 15.4. The van der Waals surface area contributed by atoms with E-state index in [-0.39, 0.29) is 5.54 Å². The van der Waals surface area contributed by atoms with Gasteiger partial charge in [-0.3, -0.25) is 0 Å². The second kappa shape index (κ2) is 6.37. The summed E-state index contributed by atoms with van der Waals surface area (Å²) in [5.74, 6) is 1.37. The second-order valence-electron chi connectivity index (χ2n) is 7.98. The van der Waals surface area contributed by atoms with Gasteiger partial charge in [0, 0.05) is 5.38 Å². The summed E-state index contributed by atoms with van der Waals surface area (Å²) < 4.78 is 0. The lowest BCUT2D eigenvalue weighted by molar-refractivity contribution is 0.114. The maximum absolute atomic E-state index is 4.97. The zero-order valence-electron chi connectivity index (χ0n) is 14.6. The van der Waals surface area contributed by atoms with Gasteiger partial charge >= 0.3 is 0 Å². The summed E-state index contributed by atoms with van der Waals surface area (Å²) in [6.45, 7) is 14.9. The lowest BCUT2D eigenvalue weighted by Crippen LogP contribution is -2.46. The van der Waals surface area contributed by atoms with E-state index in [2.05, 4.69) is 52.2 Å². The highest BCUT2D eigenvalue weighted by Crippen LogP contribution is 2.46. The van der Waals surface area contributed by atoms with E-state index < -0.39 is 0 Å². The number of hydrogen-bond acceptors (Lipinski definition) is 3. The molecular weight excluding hydrogens is 276 g/mol. The Labute approximate surface area is 134 Å². The Morgan fingerprint density at radius 3 is 2.38 bits per heavy atom. The number of nitrogens with one attached hydrogen (secondary N) is 1. The molecule has 1 aliphatic rings. The monoisotopic (exact) mass is 308 g/mol. The molecule has 120 valence electrons. The Morgan fingerprint density at radius 2 is 1.95 bits per heavy atom. The van der Waals surface area contributed by atoms with Gasteiger partial charge in [-0.1, -0.05) is 41.5 Å². The number of rotatable bonds is 4. The van der Waals surface area contributed by atoms with Crippen molar-refractivity contribution in [3.8, 4) is 0 Å². The zero-order chi connectivity index (χ0) is 15.7. The molecule has 0 saturated heterocycles. The summed E-state index contributed by atoms with van der Waals surface area (Å²) in [4.78, 5) is 4.97. The molecule has 21 heavy (non-hydrogen) atoms. The van der Waals surface area contributed by atoms with Crippen LogP contribution in [-0.2, 0) is 5.54 Å². The molecule has 0 radical (unpaired) electrons. The van der Waals surface area contributed by atoms with Gasteiger partial charge in [0.25, 0.3) is 0 Å². The first-order chi connectivity index (χ1) is 9.78. The normalized spacial score (nSPS) is 27.3. The van der Waals surface area contributed by atoms with Crippen molar-refractivity contribution in [2.45, 2.75) is 78.7 Å². The van der Waals surface area contributed by atoms with Crippen LogP contribution in [0, 0.1) is 11.3 Å². The first kappa shape index (κ1) is 17.0. The Hall–Kier alpha value is -0.410. The van der Waals surface area contributed by atoms with E-state index in [9.17, 15) is 0 Å². The van der Waals surface area contributed by atoms with E-state index in [0.29, 0.717) is 11.3 Å². The number of aromatic nitrogens is 1. The Morgan fingerprint density at radius 1 is 1.33 bits per heavy atom. The fraction of sp³-hybridized carbons (Fsp3) is 0.833. The highest BCUT2D eigenvalue weighted by molar-refractivity contribution is 7.09. The molecule has 1 heterocycles. The molecule has 0 spiro atoms. The molecule has 2 rings (SSSR count). The topological polar surface area (TPSA) is 24.9 Å². The van der Waals surface area contributed by atoms with Crippen molar-refractivity contribution in [3.63, 3.8) is 0 Å². The van der Waals surface area contributed by atoms with E-state index in [4.69, 9.17) is 4.98 Å². The fourth-order valence-electron chi connectivity index (χ4n) is 3.55. The number of thiazole rings is 1. The first-order valence-electron chi connectivity index (χ1n) is 8.49. The summed E-state index contributed by atoms with van der Waals surface area (Å²) in [6, 6.07) is 0. The molecule has 0 amide bonds. The van der Waals surface area contributed by atoms with Crippen molar-refractivity contribution in [2.75, 3.05) is 6.54 Å². The van der Waals surface area contributed by atoms with Gasteiger partial charge < -0.3 is 5.32 Å². The minimum Gasteiger partial charge on any atom is -0.306 e. The van der Waals surface area contributed by atoms with E-state index in [1.54, 1.807) is 0 Å². The van der Waals surface area contributed by atoms with Gasteiger partial charge in [-0.25, -0.2) is 4.98 Å². The summed E-state index contributed by atoms with van der Waals surface area (Å²) in [7, 11) is 0. The standard InChI is InChI=1S/C18H32N2S/c1-7-19-18(16-20-15(12-21-16)13(2)3)10-8-14(9-11-18)17(4,5)6/h12-14,19H,7-11H2,1-6H3.